The zero-order chi connectivity index (χ0) is 13.9. The van der Waals surface area contributed by atoms with Crippen LogP contribution in [0.1, 0.15) is 33.1 Å². The van der Waals surface area contributed by atoms with Crippen LogP contribution in [0.15, 0.2) is 21.3 Å². The highest BCUT2D eigenvalue weighted by Gasteiger charge is 2.15. The number of rotatable bonds is 4. The van der Waals surface area contributed by atoms with Crippen molar-refractivity contribution in [2.45, 2.75) is 39.2 Å². The lowest BCUT2D eigenvalue weighted by Crippen LogP contribution is -2.40. The Morgan fingerprint density at radius 3 is 2.89 bits per heavy atom. The summed E-state index contributed by atoms with van der Waals surface area (Å²) in [5.74, 6) is 1.06. The Bertz CT molecular complexity index is 540. The fourth-order valence-electron chi connectivity index (χ4n) is 1.57. The number of aryl methyl sites for hydroxylation is 1. The molecule has 2 heterocycles. The second kappa shape index (κ2) is 5.52. The molecule has 2 aromatic heterocycles. The van der Waals surface area contributed by atoms with Gasteiger partial charge in [-0.15, -0.1) is 0 Å². The quantitative estimate of drug-likeness (QED) is 0.934. The first-order valence-electron chi connectivity index (χ1n) is 6.10. The summed E-state index contributed by atoms with van der Waals surface area (Å²) in [6.45, 7) is 5.85. The number of carbonyl (C=O) groups is 1. The van der Waals surface area contributed by atoms with Crippen molar-refractivity contribution in [3.63, 3.8) is 0 Å². The van der Waals surface area contributed by atoms with Crippen molar-refractivity contribution in [2.75, 3.05) is 0 Å². The number of nitrogens with one attached hydrogen (secondary N) is 1. The largest absolute Gasteiger partial charge is 0.351 e. The first kappa shape index (κ1) is 13.7. The standard InChI is InChI=1S/C13H17N3O2S/c1-13(2,3)15-10(17)4-5-11-14-12(16-18-11)9-6-7-19-8-9/h6-8H,4-5H2,1-3H3,(H,15,17). The normalized spacial score (nSPS) is 11.5. The highest BCUT2D eigenvalue weighted by molar-refractivity contribution is 7.08. The second-order valence-electron chi connectivity index (χ2n) is 5.32. The van der Waals surface area contributed by atoms with Crippen molar-refractivity contribution in [1.82, 2.24) is 15.5 Å². The Morgan fingerprint density at radius 1 is 1.47 bits per heavy atom. The summed E-state index contributed by atoms with van der Waals surface area (Å²) in [6.07, 6.45) is 0.807. The molecule has 0 spiro atoms. The lowest BCUT2D eigenvalue weighted by atomic mass is 10.1. The molecule has 0 fully saturated rings. The van der Waals surface area contributed by atoms with Crippen molar-refractivity contribution < 1.29 is 9.32 Å². The fourth-order valence-corrected chi connectivity index (χ4v) is 2.20. The van der Waals surface area contributed by atoms with E-state index in [4.69, 9.17) is 4.52 Å². The Morgan fingerprint density at radius 2 is 2.26 bits per heavy atom. The van der Waals surface area contributed by atoms with Crippen LogP contribution in [0, 0.1) is 0 Å². The van der Waals surface area contributed by atoms with Crippen molar-refractivity contribution >= 4 is 17.2 Å². The third-order valence-electron chi connectivity index (χ3n) is 2.33. The van der Waals surface area contributed by atoms with E-state index < -0.39 is 0 Å². The van der Waals surface area contributed by atoms with Crippen molar-refractivity contribution in [2.24, 2.45) is 0 Å². The Labute approximate surface area is 116 Å². The summed E-state index contributed by atoms with van der Waals surface area (Å²) < 4.78 is 5.13. The van der Waals surface area contributed by atoms with Crippen molar-refractivity contribution in [1.29, 1.82) is 0 Å². The van der Waals surface area contributed by atoms with Crippen LogP contribution in [0.25, 0.3) is 11.4 Å². The van der Waals surface area contributed by atoms with Gasteiger partial charge >= 0.3 is 0 Å². The van der Waals surface area contributed by atoms with Crippen LogP contribution in [-0.4, -0.2) is 21.6 Å². The average Bonchev–Trinajstić information content (AvgIpc) is 2.95. The van der Waals surface area contributed by atoms with E-state index in [2.05, 4.69) is 15.5 Å². The van der Waals surface area contributed by atoms with E-state index in [0.29, 0.717) is 24.6 Å². The van der Waals surface area contributed by atoms with Crippen LogP contribution in [0.4, 0.5) is 0 Å². The molecule has 6 heteroatoms. The number of carbonyl (C=O) groups excluding carboxylic acids is 1. The molecular formula is C13H17N3O2S. The first-order valence-corrected chi connectivity index (χ1v) is 7.04. The molecule has 0 aliphatic carbocycles. The maximum atomic E-state index is 11.7. The van der Waals surface area contributed by atoms with Crippen LogP contribution in [0.5, 0.6) is 0 Å². The summed E-state index contributed by atoms with van der Waals surface area (Å²) >= 11 is 1.58. The highest BCUT2D eigenvalue weighted by Crippen LogP contribution is 2.18. The Balaban J connectivity index is 1.89. The van der Waals surface area contributed by atoms with E-state index >= 15 is 0 Å². The number of thiophene rings is 1. The van der Waals surface area contributed by atoms with Gasteiger partial charge in [-0.05, 0) is 32.2 Å². The third kappa shape index (κ3) is 4.17. The van der Waals surface area contributed by atoms with E-state index in [1.165, 1.54) is 0 Å². The van der Waals surface area contributed by atoms with Gasteiger partial charge in [-0.1, -0.05) is 5.16 Å². The van der Waals surface area contributed by atoms with Gasteiger partial charge in [-0.25, -0.2) is 0 Å². The zero-order valence-corrected chi connectivity index (χ0v) is 12.1. The molecule has 1 amide bonds. The summed E-state index contributed by atoms with van der Waals surface area (Å²) in [6, 6.07) is 1.94. The molecule has 0 bridgehead atoms. The van der Waals surface area contributed by atoms with Gasteiger partial charge in [0, 0.05) is 29.3 Å². The predicted molar refractivity (Wildman–Crippen MR) is 73.8 cm³/mol. The predicted octanol–water partition coefficient (Wildman–Crippen LogP) is 2.65. The van der Waals surface area contributed by atoms with Gasteiger partial charge in [0.15, 0.2) is 0 Å². The van der Waals surface area contributed by atoms with Gasteiger partial charge in [0.2, 0.25) is 17.6 Å². The van der Waals surface area contributed by atoms with Gasteiger partial charge in [-0.3, -0.25) is 4.79 Å². The van der Waals surface area contributed by atoms with Crippen molar-refractivity contribution in [3.05, 3.63) is 22.7 Å². The van der Waals surface area contributed by atoms with Gasteiger partial charge in [-0.2, -0.15) is 16.3 Å². The molecule has 19 heavy (non-hydrogen) atoms. The first-order chi connectivity index (χ1) is 8.94. The lowest BCUT2D eigenvalue weighted by molar-refractivity contribution is -0.122. The Hall–Kier alpha value is -1.69. The molecule has 5 nitrogen and oxygen atoms in total. The summed E-state index contributed by atoms with van der Waals surface area (Å²) in [7, 11) is 0. The maximum Gasteiger partial charge on any atom is 0.227 e. The number of aromatic nitrogens is 2. The Kier molecular flexibility index (Phi) is 3.99. The van der Waals surface area contributed by atoms with E-state index in [1.807, 2.05) is 37.6 Å². The minimum absolute atomic E-state index is 0.0113. The molecule has 0 aliphatic rings. The summed E-state index contributed by atoms with van der Waals surface area (Å²) in [5, 5.41) is 10.7. The topological polar surface area (TPSA) is 68.0 Å². The molecule has 0 saturated heterocycles. The van der Waals surface area contributed by atoms with Gasteiger partial charge < -0.3 is 9.84 Å². The third-order valence-corrected chi connectivity index (χ3v) is 3.01. The lowest BCUT2D eigenvalue weighted by Gasteiger charge is -2.20. The molecule has 1 N–H and O–H groups in total. The maximum absolute atomic E-state index is 11.7. The molecule has 0 unspecified atom stereocenters. The van der Waals surface area contributed by atoms with Crippen LogP contribution < -0.4 is 5.32 Å². The van der Waals surface area contributed by atoms with E-state index in [-0.39, 0.29) is 11.4 Å². The highest BCUT2D eigenvalue weighted by atomic mass is 32.1. The van der Waals surface area contributed by atoms with Crippen LogP contribution >= 0.6 is 11.3 Å². The van der Waals surface area contributed by atoms with Gasteiger partial charge in [0.05, 0.1) is 0 Å². The van der Waals surface area contributed by atoms with Crippen LogP contribution in [0.3, 0.4) is 0 Å². The SMILES string of the molecule is CC(C)(C)NC(=O)CCc1nc(-c2ccsc2)no1. The summed E-state index contributed by atoms with van der Waals surface area (Å²) in [4.78, 5) is 15.9. The molecule has 0 saturated carbocycles. The molecule has 2 aromatic rings. The van der Waals surface area contributed by atoms with Gasteiger partial charge in [0.1, 0.15) is 0 Å². The minimum Gasteiger partial charge on any atom is -0.351 e. The number of amides is 1. The van der Waals surface area contributed by atoms with Crippen LogP contribution in [-0.2, 0) is 11.2 Å². The number of hydrogen-bond donors (Lipinski definition) is 1. The van der Waals surface area contributed by atoms with E-state index in [1.54, 1.807) is 11.3 Å². The van der Waals surface area contributed by atoms with Gasteiger partial charge in [0.25, 0.3) is 0 Å². The zero-order valence-electron chi connectivity index (χ0n) is 11.3. The molecule has 0 atom stereocenters. The average molecular weight is 279 g/mol. The molecule has 0 radical (unpaired) electrons. The summed E-state index contributed by atoms with van der Waals surface area (Å²) in [5.41, 5.74) is 0.729. The molecular weight excluding hydrogens is 262 g/mol. The van der Waals surface area contributed by atoms with Crippen molar-refractivity contribution in [3.8, 4) is 11.4 Å². The number of hydrogen-bond acceptors (Lipinski definition) is 5. The fraction of sp³-hybridized carbons (Fsp3) is 0.462. The number of nitrogens with zero attached hydrogens (tertiary/aromatic N) is 2. The smallest absolute Gasteiger partial charge is 0.227 e. The minimum atomic E-state index is -0.215. The molecule has 0 aliphatic heterocycles. The van der Waals surface area contributed by atoms with Crippen LogP contribution in [0.2, 0.25) is 0 Å². The molecule has 0 aromatic carbocycles. The molecule has 102 valence electrons. The monoisotopic (exact) mass is 279 g/mol. The molecule has 2 rings (SSSR count). The second-order valence-corrected chi connectivity index (χ2v) is 6.10. The van der Waals surface area contributed by atoms with E-state index in [0.717, 1.165) is 5.56 Å². The van der Waals surface area contributed by atoms with E-state index in [9.17, 15) is 4.79 Å².